The number of nitrogens with zero attached hydrogens (tertiary/aromatic N) is 4. The van der Waals surface area contributed by atoms with Gasteiger partial charge < -0.3 is 14.9 Å². The van der Waals surface area contributed by atoms with Crippen LogP contribution in [-0.2, 0) is 6.54 Å². The summed E-state index contributed by atoms with van der Waals surface area (Å²) in [6, 6.07) is 12.8. The van der Waals surface area contributed by atoms with E-state index in [9.17, 15) is 14.7 Å². The average molecular weight is 475 g/mol. The monoisotopic (exact) mass is 474 g/mol. The molecular formula is C23H27ClN4O3S. The lowest BCUT2D eigenvalue weighted by molar-refractivity contribution is 0.153. The first-order chi connectivity index (χ1) is 15.4. The molecule has 0 atom stereocenters. The van der Waals surface area contributed by atoms with Crippen molar-refractivity contribution in [3.8, 4) is 0 Å². The van der Waals surface area contributed by atoms with Gasteiger partial charge in [-0.05, 0) is 55.9 Å². The molecule has 1 aliphatic rings. The van der Waals surface area contributed by atoms with Crippen molar-refractivity contribution < 1.29 is 9.90 Å². The summed E-state index contributed by atoms with van der Waals surface area (Å²) in [5, 5.41) is 10.4. The van der Waals surface area contributed by atoms with Crippen molar-refractivity contribution in [3.63, 3.8) is 0 Å². The van der Waals surface area contributed by atoms with E-state index in [1.807, 2.05) is 24.3 Å². The number of carboxylic acid groups (broad SMARTS) is 1. The second kappa shape index (κ2) is 10.0. The maximum absolute atomic E-state index is 12.5. The maximum atomic E-state index is 12.5. The third-order valence-electron chi connectivity index (χ3n) is 5.88. The van der Waals surface area contributed by atoms with E-state index in [-0.39, 0.29) is 4.87 Å². The van der Waals surface area contributed by atoms with Crippen molar-refractivity contribution >= 4 is 44.9 Å². The minimum atomic E-state index is -0.967. The predicted octanol–water partition coefficient (Wildman–Crippen LogP) is 3.89. The number of rotatable bonds is 7. The van der Waals surface area contributed by atoms with E-state index in [1.165, 1.54) is 16.2 Å². The third-order valence-corrected chi connectivity index (χ3v) is 7.07. The summed E-state index contributed by atoms with van der Waals surface area (Å²) in [5.41, 5.74) is 2.29. The van der Waals surface area contributed by atoms with E-state index in [2.05, 4.69) is 16.8 Å². The number of aromatic nitrogens is 1. The molecule has 0 saturated carbocycles. The molecule has 7 nitrogen and oxygen atoms in total. The molecule has 1 aliphatic heterocycles. The lowest BCUT2D eigenvalue weighted by Crippen LogP contribution is -2.45. The number of hydrogen-bond acceptors (Lipinski definition) is 5. The van der Waals surface area contributed by atoms with E-state index in [1.54, 1.807) is 22.8 Å². The largest absolute Gasteiger partial charge is 0.465 e. The summed E-state index contributed by atoms with van der Waals surface area (Å²) in [5.74, 6) is 0. The Morgan fingerprint density at radius 3 is 2.69 bits per heavy atom. The molecule has 32 heavy (non-hydrogen) atoms. The zero-order chi connectivity index (χ0) is 22.7. The lowest BCUT2D eigenvalue weighted by atomic mass is 10.1. The molecule has 2 heterocycles. The van der Waals surface area contributed by atoms with Crippen molar-refractivity contribution in [3.05, 3.63) is 62.7 Å². The number of anilines is 1. The second-order valence-electron chi connectivity index (χ2n) is 8.17. The fourth-order valence-electron chi connectivity index (χ4n) is 4.05. The number of fused-ring (bicyclic) bond motifs is 1. The standard InChI is InChI=1S/C23H27ClN4O3S/c1-25-10-12-26(13-11-25)8-3-9-27(22(29)30)19-5-2-4-17(14-19)16-28-20-15-18(24)6-7-21(20)32-23(28)31/h2,4-7,14-15H,3,8-13,16H2,1H3,(H,29,30). The summed E-state index contributed by atoms with van der Waals surface area (Å²) in [6.07, 6.45) is -0.196. The van der Waals surface area contributed by atoms with Gasteiger partial charge in [0.2, 0.25) is 0 Å². The molecule has 1 amide bonds. The molecule has 0 radical (unpaired) electrons. The van der Waals surface area contributed by atoms with Crippen molar-refractivity contribution in [1.29, 1.82) is 0 Å². The summed E-state index contributed by atoms with van der Waals surface area (Å²) < 4.78 is 2.57. The molecule has 1 saturated heterocycles. The number of carbonyl (C=O) groups is 1. The highest BCUT2D eigenvalue weighted by molar-refractivity contribution is 7.16. The summed E-state index contributed by atoms with van der Waals surface area (Å²) in [6.45, 7) is 5.82. The maximum Gasteiger partial charge on any atom is 0.411 e. The van der Waals surface area contributed by atoms with Crippen LogP contribution < -0.4 is 9.77 Å². The Hall–Kier alpha value is -2.39. The highest BCUT2D eigenvalue weighted by Crippen LogP contribution is 2.24. The molecule has 4 rings (SSSR count). The zero-order valence-corrected chi connectivity index (χ0v) is 19.6. The van der Waals surface area contributed by atoms with Crippen LogP contribution in [0.1, 0.15) is 12.0 Å². The molecular weight excluding hydrogens is 448 g/mol. The molecule has 0 bridgehead atoms. The van der Waals surface area contributed by atoms with Crippen LogP contribution in [-0.4, -0.2) is 71.9 Å². The van der Waals surface area contributed by atoms with Crippen LogP contribution in [0.15, 0.2) is 47.3 Å². The van der Waals surface area contributed by atoms with Crippen molar-refractivity contribution in [2.45, 2.75) is 13.0 Å². The molecule has 3 aromatic rings. The lowest BCUT2D eigenvalue weighted by Gasteiger charge is -2.32. The van der Waals surface area contributed by atoms with Gasteiger partial charge in [-0.15, -0.1) is 0 Å². The predicted molar refractivity (Wildman–Crippen MR) is 131 cm³/mol. The average Bonchev–Trinajstić information content (AvgIpc) is 3.07. The summed E-state index contributed by atoms with van der Waals surface area (Å²) in [7, 11) is 2.12. The van der Waals surface area contributed by atoms with Crippen molar-refractivity contribution in [2.24, 2.45) is 0 Å². The Morgan fingerprint density at radius 2 is 1.94 bits per heavy atom. The van der Waals surface area contributed by atoms with Gasteiger partial charge in [0, 0.05) is 43.4 Å². The van der Waals surface area contributed by atoms with Gasteiger partial charge in [-0.25, -0.2) is 4.79 Å². The minimum Gasteiger partial charge on any atom is -0.465 e. The number of benzene rings is 2. The first kappa shape index (κ1) is 22.8. The van der Waals surface area contributed by atoms with Crippen LogP contribution in [0.3, 0.4) is 0 Å². The number of halogens is 1. The SMILES string of the molecule is CN1CCN(CCCN(C(=O)O)c2cccc(Cn3c(=O)sc4ccc(Cl)cc43)c2)CC1. The highest BCUT2D eigenvalue weighted by atomic mass is 35.5. The van der Waals surface area contributed by atoms with Crippen LogP contribution >= 0.6 is 22.9 Å². The van der Waals surface area contributed by atoms with Gasteiger partial charge in [-0.1, -0.05) is 35.1 Å². The topological polar surface area (TPSA) is 69.0 Å². The Morgan fingerprint density at radius 1 is 1.16 bits per heavy atom. The molecule has 0 unspecified atom stereocenters. The fourth-order valence-corrected chi connectivity index (χ4v) is 5.09. The number of piperazine rings is 1. The highest BCUT2D eigenvalue weighted by Gasteiger charge is 2.18. The van der Waals surface area contributed by atoms with Crippen LogP contribution in [0.25, 0.3) is 10.2 Å². The molecule has 170 valence electrons. The molecule has 1 N–H and O–H groups in total. The first-order valence-corrected chi connectivity index (χ1v) is 11.9. The fraction of sp³-hybridized carbons (Fsp3) is 0.391. The van der Waals surface area contributed by atoms with Gasteiger partial charge in [0.25, 0.3) is 0 Å². The molecule has 0 spiro atoms. The van der Waals surface area contributed by atoms with E-state index in [4.69, 9.17) is 11.6 Å². The Bertz CT molecular complexity index is 1150. The normalized spacial score (nSPS) is 15.3. The first-order valence-electron chi connectivity index (χ1n) is 10.7. The number of amides is 1. The number of thiazole rings is 1. The van der Waals surface area contributed by atoms with Crippen molar-refractivity contribution in [2.75, 3.05) is 51.2 Å². The quantitative estimate of drug-likeness (QED) is 0.562. The number of hydrogen-bond donors (Lipinski definition) is 1. The summed E-state index contributed by atoms with van der Waals surface area (Å²) in [4.78, 5) is 30.5. The Labute approximate surface area is 196 Å². The molecule has 9 heteroatoms. The molecule has 1 fully saturated rings. The number of likely N-dealkylation sites (N-methyl/N-ethyl adjacent to an activating group) is 1. The second-order valence-corrected chi connectivity index (χ2v) is 9.60. The van der Waals surface area contributed by atoms with E-state index < -0.39 is 6.09 Å². The Kier molecular flexibility index (Phi) is 7.15. The summed E-state index contributed by atoms with van der Waals surface area (Å²) >= 11 is 7.31. The van der Waals surface area contributed by atoms with Gasteiger partial charge in [0.05, 0.1) is 16.8 Å². The van der Waals surface area contributed by atoms with Gasteiger partial charge in [-0.2, -0.15) is 0 Å². The van der Waals surface area contributed by atoms with E-state index in [0.717, 1.165) is 54.9 Å². The van der Waals surface area contributed by atoms with Crippen LogP contribution in [0.5, 0.6) is 0 Å². The Balaban J connectivity index is 1.47. The van der Waals surface area contributed by atoms with E-state index >= 15 is 0 Å². The van der Waals surface area contributed by atoms with Crippen LogP contribution in [0.4, 0.5) is 10.5 Å². The van der Waals surface area contributed by atoms with Crippen LogP contribution in [0, 0.1) is 0 Å². The van der Waals surface area contributed by atoms with Gasteiger partial charge >= 0.3 is 11.0 Å². The third kappa shape index (κ3) is 5.32. The smallest absolute Gasteiger partial charge is 0.411 e. The molecule has 1 aromatic heterocycles. The zero-order valence-electron chi connectivity index (χ0n) is 18.0. The minimum absolute atomic E-state index is 0.0602. The van der Waals surface area contributed by atoms with Crippen molar-refractivity contribution in [1.82, 2.24) is 14.4 Å². The van der Waals surface area contributed by atoms with Crippen LogP contribution in [0.2, 0.25) is 5.02 Å². The van der Waals surface area contributed by atoms with Gasteiger partial charge in [0.15, 0.2) is 0 Å². The van der Waals surface area contributed by atoms with E-state index in [0.29, 0.717) is 23.8 Å². The van der Waals surface area contributed by atoms with Gasteiger partial charge in [0.1, 0.15) is 0 Å². The molecule has 2 aromatic carbocycles. The molecule has 0 aliphatic carbocycles. The van der Waals surface area contributed by atoms with Gasteiger partial charge in [-0.3, -0.25) is 14.3 Å².